The first-order chi connectivity index (χ1) is 10.1. The SMILES string of the molecule is CCCNc1ncnc(OCCOCC(C)C)c1[N+](=O)[O-]. The van der Waals surface area contributed by atoms with Crippen LogP contribution in [0.25, 0.3) is 0 Å². The Labute approximate surface area is 124 Å². The molecular weight excluding hydrogens is 276 g/mol. The third kappa shape index (κ3) is 5.90. The molecule has 1 aromatic rings. The van der Waals surface area contributed by atoms with E-state index in [9.17, 15) is 10.1 Å². The van der Waals surface area contributed by atoms with Gasteiger partial charge < -0.3 is 14.8 Å². The van der Waals surface area contributed by atoms with Crippen LogP contribution in [0.4, 0.5) is 11.5 Å². The Morgan fingerprint density at radius 2 is 2.14 bits per heavy atom. The van der Waals surface area contributed by atoms with E-state index in [-0.39, 0.29) is 24.0 Å². The Morgan fingerprint density at radius 3 is 2.76 bits per heavy atom. The Kier molecular flexibility index (Phi) is 7.38. The summed E-state index contributed by atoms with van der Waals surface area (Å²) in [7, 11) is 0. The van der Waals surface area contributed by atoms with Crippen LogP contribution < -0.4 is 10.1 Å². The lowest BCUT2D eigenvalue weighted by Gasteiger charge is -2.10. The van der Waals surface area contributed by atoms with Gasteiger partial charge in [0.2, 0.25) is 5.82 Å². The van der Waals surface area contributed by atoms with Crippen LogP contribution in [0.15, 0.2) is 6.33 Å². The van der Waals surface area contributed by atoms with E-state index in [1.54, 1.807) is 0 Å². The first-order valence-corrected chi connectivity index (χ1v) is 7.00. The molecule has 0 aliphatic heterocycles. The van der Waals surface area contributed by atoms with Crippen LogP contribution in [0.1, 0.15) is 27.2 Å². The van der Waals surface area contributed by atoms with E-state index in [1.165, 1.54) is 6.33 Å². The normalized spacial score (nSPS) is 10.7. The predicted molar refractivity (Wildman–Crippen MR) is 78.6 cm³/mol. The molecule has 8 nitrogen and oxygen atoms in total. The molecule has 0 bridgehead atoms. The summed E-state index contributed by atoms with van der Waals surface area (Å²) in [4.78, 5) is 18.3. The molecule has 0 aliphatic carbocycles. The zero-order valence-corrected chi connectivity index (χ0v) is 12.7. The first-order valence-electron chi connectivity index (χ1n) is 7.00. The number of nitrogens with zero attached hydrogens (tertiary/aromatic N) is 3. The minimum atomic E-state index is -0.539. The Balaban J connectivity index is 2.65. The van der Waals surface area contributed by atoms with Gasteiger partial charge in [0.25, 0.3) is 5.88 Å². The molecule has 1 N–H and O–H groups in total. The fraction of sp³-hybridized carbons (Fsp3) is 0.692. The zero-order valence-electron chi connectivity index (χ0n) is 12.7. The van der Waals surface area contributed by atoms with Crippen LogP contribution in [-0.4, -0.2) is 41.3 Å². The summed E-state index contributed by atoms with van der Waals surface area (Å²) in [5, 5.41) is 14.1. The van der Waals surface area contributed by atoms with Gasteiger partial charge in [0.1, 0.15) is 12.9 Å². The third-order valence-electron chi connectivity index (χ3n) is 2.43. The van der Waals surface area contributed by atoms with E-state index in [4.69, 9.17) is 9.47 Å². The van der Waals surface area contributed by atoms with Crippen molar-refractivity contribution in [3.63, 3.8) is 0 Å². The van der Waals surface area contributed by atoms with Crippen molar-refractivity contribution >= 4 is 11.5 Å². The lowest BCUT2D eigenvalue weighted by atomic mass is 10.2. The van der Waals surface area contributed by atoms with Crippen LogP contribution in [0, 0.1) is 16.0 Å². The molecule has 0 spiro atoms. The molecule has 0 unspecified atom stereocenters. The van der Waals surface area contributed by atoms with Gasteiger partial charge in [-0.15, -0.1) is 0 Å². The van der Waals surface area contributed by atoms with E-state index in [0.717, 1.165) is 6.42 Å². The Bertz CT molecular complexity index is 454. The van der Waals surface area contributed by atoms with Crippen molar-refractivity contribution in [3.8, 4) is 5.88 Å². The molecule has 21 heavy (non-hydrogen) atoms. The molecule has 0 aromatic carbocycles. The standard InChI is InChI=1S/C13H22N4O4/c1-4-5-14-12-11(17(18)19)13(16-9-15-12)21-7-6-20-8-10(2)3/h9-10H,4-8H2,1-3H3,(H,14,15,16). The second-order valence-electron chi connectivity index (χ2n) is 4.88. The zero-order chi connectivity index (χ0) is 15.7. The quantitative estimate of drug-likeness (QED) is 0.401. The molecule has 0 atom stereocenters. The Hall–Kier alpha value is -1.96. The van der Waals surface area contributed by atoms with Gasteiger partial charge in [-0.05, 0) is 12.3 Å². The van der Waals surface area contributed by atoms with Crippen molar-refractivity contribution in [3.05, 3.63) is 16.4 Å². The third-order valence-corrected chi connectivity index (χ3v) is 2.43. The van der Waals surface area contributed by atoms with Gasteiger partial charge in [-0.3, -0.25) is 10.1 Å². The van der Waals surface area contributed by atoms with Crippen LogP contribution in [0.2, 0.25) is 0 Å². The highest BCUT2D eigenvalue weighted by Gasteiger charge is 2.24. The van der Waals surface area contributed by atoms with Gasteiger partial charge in [-0.25, -0.2) is 4.98 Å². The molecule has 118 valence electrons. The highest BCUT2D eigenvalue weighted by molar-refractivity contribution is 5.60. The highest BCUT2D eigenvalue weighted by Crippen LogP contribution is 2.30. The summed E-state index contributed by atoms with van der Waals surface area (Å²) in [6.07, 6.45) is 2.08. The Morgan fingerprint density at radius 1 is 1.38 bits per heavy atom. The van der Waals surface area contributed by atoms with Gasteiger partial charge in [-0.1, -0.05) is 20.8 Å². The van der Waals surface area contributed by atoms with Crippen molar-refractivity contribution in [2.45, 2.75) is 27.2 Å². The van der Waals surface area contributed by atoms with Crippen LogP contribution in [0.5, 0.6) is 5.88 Å². The number of nitrogens with one attached hydrogen (secondary N) is 1. The van der Waals surface area contributed by atoms with Gasteiger partial charge in [-0.2, -0.15) is 4.98 Å². The molecule has 1 rings (SSSR count). The number of ether oxygens (including phenoxy) is 2. The molecule has 8 heteroatoms. The summed E-state index contributed by atoms with van der Waals surface area (Å²) in [6, 6.07) is 0. The predicted octanol–water partition coefficient (Wildman–Crippen LogP) is 2.26. The number of rotatable bonds is 10. The van der Waals surface area contributed by atoms with Gasteiger partial charge in [0, 0.05) is 13.2 Å². The molecule has 0 fully saturated rings. The average molecular weight is 298 g/mol. The summed E-state index contributed by atoms with van der Waals surface area (Å²) in [5.74, 6) is 0.569. The van der Waals surface area contributed by atoms with E-state index in [1.807, 2.05) is 20.8 Å². The average Bonchev–Trinajstić information content (AvgIpc) is 2.44. The number of anilines is 1. The van der Waals surface area contributed by atoms with Gasteiger partial charge in [0.05, 0.1) is 11.5 Å². The van der Waals surface area contributed by atoms with Crippen molar-refractivity contribution in [2.24, 2.45) is 5.92 Å². The first kappa shape index (κ1) is 17.1. The molecule has 0 saturated carbocycles. The summed E-state index contributed by atoms with van der Waals surface area (Å²) < 4.78 is 10.7. The lowest BCUT2D eigenvalue weighted by molar-refractivity contribution is -0.385. The topological polar surface area (TPSA) is 99.4 Å². The van der Waals surface area contributed by atoms with Crippen molar-refractivity contribution in [1.82, 2.24) is 9.97 Å². The van der Waals surface area contributed by atoms with Crippen LogP contribution in [0.3, 0.4) is 0 Å². The molecule has 0 radical (unpaired) electrons. The maximum atomic E-state index is 11.2. The molecule has 1 heterocycles. The number of nitro groups is 1. The fourth-order valence-corrected chi connectivity index (χ4v) is 1.52. The molecule has 0 saturated heterocycles. The van der Waals surface area contributed by atoms with Crippen LogP contribution in [-0.2, 0) is 4.74 Å². The second kappa shape index (κ2) is 9.06. The largest absolute Gasteiger partial charge is 0.470 e. The fourth-order valence-electron chi connectivity index (χ4n) is 1.52. The van der Waals surface area contributed by atoms with Gasteiger partial charge >= 0.3 is 5.69 Å². The minimum absolute atomic E-state index is 0.0400. The monoisotopic (exact) mass is 298 g/mol. The van der Waals surface area contributed by atoms with Crippen LogP contribution >= 0.6 is 0 Å². The maximum absolute atomic E-state index is 11.2. The minimum Gasteiger partial charge on any atom is -0.470 e. The number of hydrogen-bond donors (Lipinski definition) is 1. The number of hydrogen-bond acceptors (Lipinski definition) is 7. The smallest absolute Gasteiger partial charge is 0.372 e. The van der Waals surface area contributed by atoms with E-state index >= 15 is 0 Å². The maximum Gasteiger partial charge on any atom is 0.372 e. The molecule has 1 aromatic heterocycles. The van der Waals surface area contributed by atoms with Gasteiger partial charge in [0.15, 0.2) is 0 Å². The van der Waals surface area contributed by atoms with Crippen molar-refractivity contribution < 1.29 is 14.4 Å². The molecular formula is C13H22N4O4. The number of aromatic nitrogens is 2. The van der Waals surface area contributed by atoms with Crippen molar-refractivity contribution in [1.29, 1.82) is 0 Å². The molecule has 0 amide bonds. The summed E-state index contributed by atoms with van der Waals surface area (Å²) in [5.41, 5.74) is -0.241. The lowest BCUT2D eigenvalue weighted by Crippen LogP contribution is -2.13. The second-order valence-corrected chi connectivity index (χ2v) is 4.88. The summed E-state index contributed by atoms with van der Waals surface area (Å²) in [6.45, 7) is 7.83. The molecule has 0 aliphatic rings. The highest BCUT2D eigenvalue weighted by atomic mass is 16.6. The van der Waals surface area contributed by atoms with E-state index < -0.39 is 4.92 Å². The van der Waals surface area contributed by atoms with E-state index in [0.29, 0.717) is 25.7 Å². The summed E-state index contributed by atoms with van der Waals surface area (Å²) >= 11 is 0. The van der Waals surface area contributed by atoms with E-state index in [2.05, 4.69) is 15.3 Å². The van der Waals surface area contributed by atoms with Crippen molar-refractivity contribution in [2.75, 3.05) is 31.7 Å².